The zero-order valence-corrected chi connectivity index (χ0v) is 13.1. The quantitative estimate of drug-likeness (QED) is 0.782. The van der Waals surface area contributed by atoms with E-state index in [9.17, 15) is 4.39 Å². The molecule has 1 aliphatic rings. The van der Waals surface area contributed by atoms with E-state index in [0.717, 1.165) is 31.8 Å². The summed E-state index contributed by atoms with van der Waals surface area (Å²) in [4.78, 5) is 2.58. The Morgan fingerprint density at radius 2 is 2.00 bits per heavy atom. The Hall–Kier alpha value is -1.13. The minimum atomic E-state index is -0.223. The van der Waals surface area contributed by atoms with Crippen LogP contribution in [0.3, 0.4) is 0 Å². The van der Waals surface area contributed by atoms with Gasteiger partial charge in [-0.3, -0.25) is 4.90 Å². The molecule has 1 aliphatic heterocycles. The van der Waals surface area contributed by atoms with Crippen molar-refractivity contribution < 1.29 is 9.13 Å². The van der Waals surface area contributed by atoms with Crippen molar-refractivity contribution >= 4 is 0 Å². The number of hydrogen-bond acceptors (Lipinski definition) is 3. The fraction of sp³-hybridized carbons (Fsp3) is 0.647. The summed E-state index contributed by atoms with van der Waals surface area (Å²) >= 11 is 0. The van der Waals surface area contributed by atoms with E-state index in [1.807, 2.05) is 0 Å². The average Bonchev–Trinajstić information content (AvgIpc) is 2.53. The first-order valence-electron chi connectivity index (χ1n) is 8.08. The number of ether oxygens (including phenoxy) is 1. The average molecular weight is 294 g/mol. The molecule has 1 aromatic rings. The molecule has 1 fully saturated rings. The maximum Gasteiger partial charge on any atom is 0.123 e. The van der Waals surface area contributed by atoms with Crippen LogP contribution in [0.4, 0.5) is 4.39 Å². The summed E-state index contributed by atoms with van der Waals surface area (Å²) in [6, 6.07) is 7.49. The van der Waals surface area contributed by atoms with Gasteiger partial charge in [0.15, 0.2) is 0 Å². The first kappa shape index (κ1) is 16.2. The number of benzene rings is 1. The lowest BCUT2D eigenvalue weighted by molar-refractivity contribution is 0.117. The zero-order valence-electron chi connectivity index (χ0n) is 13.1. The monoisotopic (exact) mass is 294 g/mol. The van der Waals surface area contributed by atoms with Gasteiger partial charge in [0.1, 0.15) is 11.6 Å². The van der Waals surface area contributed by atoms with Gasteiger partial charge in [-0.1, -0.05) is 13.8 Å². The fourth-order valence-corrected chi connectivity index (χ4v) is 2.87. The molecule has 0 amide bonds. The van der Waals surface area contributed by atoms with Gasteiger partial charge in [-0.25, -0.2) is 4.39 Å². The van der Waals surface area contributed by atoms with Crippen molar-refractivity contribution in [2.24, 2.45) is 0 Å². The van der Waals surface area contributed by atoms with E-state index < -0.39 is 0 Å². The van der Waals surface area contributed by atoms with Crippen LogP contribution < -0.4 is 10.1 Å². The molecule has 1 aromatic carbocycles. The van der Waals surface area contributed by atoms with Gasteiger partial charge in [0.25, 0.3) is 0 Å². The Morgan fingerprint density at radius 3 is 2.67 bits per heavy atom. The van der Waals surface area contributed by atoms with Gasteiger partial charge >= 0.3 is 0 Å². The molecule has 2 rings (SSSR count). The third kappa shape index (κ3) is 4.97. The number of hydrogen-bond donors (Lipinski definition) is 1. The van der Waals surface area contributed by atoms with Crippen LogP contribution in [0.1, 0.15) is 33.1 Å². The summed E-state index contributed by atoms with van der Waals surface area (Å²) < 4.78 is 18.5. The molecule has 1 saturated heterocycles. The van der Waals surface area contributed by atoms with E-state index in [0.29, 0.717) is 18.7 Å². The van der Waals surface area contributed by atoms with E-state index in [4.69, 9.17) is 4.74 Å². The van der Waals surface area contributed by atoms with E-state index in [-0.39, 0.29) is 5.82 Å². The fourth-order valence-electron chi connectivity index (χ4n) is 2.87. The molecule has 1 N–H and O–H groups in total. The predicted molar refractivity (Wildman–Crippen MR) is 84.2 cm³/mol. The number of piperazine rings is 1. The highest BCUT2D eigenvalue weighted by atomic mass is 19.1. The van der Waals surface area contributed by atoms with Crippen molar-refractivity contribution in [2.45, 2.75) is 45.2 Å². The largest absolute Gasteiger partial charge is 0.494 e. The van der Waals surface area contributed by atoms with Crippen LogP contribution in [0.25, 0.3) is 0 Å². The molecule has 21 heavy (non-hydrogen) atoms. The zero-order chi connectivity index (χ0) is 15.1. The molecule has 118 valence electrons. The second-order valence-corrected chi connectivity index (χ2v) is 5.73. The molecule has 0 aromatic heterocycles. The molecule has 1 heterocycles. The molecule has 0 radical (unpaired) electrons. The van der Waals surface area contributed by atoms with Crippen molar-refractivity contribution in [1.29, 1.82) is 0 Å². The lowest BCUT2D eigenvalue weighted by atomic mass is 10.1. The number of nitrogens with zero attached hydrogens (tertiary/aromatic N) is 1. The first-order chi connectivity index (χ1) is 10.2. The van der Waals surface area contributed by atoms with Gasteiger partial charge in [-0.05, 0) is 43.5 Å². The summed E-state index contributed by atoms with van der Waals surface area (Å²) in [6.45, 7) is 8.46. The van der Waals surface area contributed by atoms with E-state index in [2.05, 4.69) is 24.1 Å². The number of rotatable bonds is 7. The number of nitrogens with one attached hydrogen (secondary N) is 1. The van der Waals surface area contributed by atoms with Crippen molar-refractivity contribution in [3.8, 4) is 5.75 Å². The van der Waals surface area contributed by atoms with Gasteiger partial charge in [0.2, 0.25) is 0 Å². The molecule has 3 nitrogen and oxygen atoms in total. The smallest absolute Gasteiger partial charge is 0.123 e. The highest BCUT2D eigenvalue weighted by molar-refractivity contribution is 5.21. The third-order valence-corrected chi connectivity index (χ3v) is 4.25. The van der Waals surface area contributed by atoms with Gasteiger partial charge in [0, 0.05) is 31.7 Å². The van der Waals surface area contributed by atoms with Gasteiger partial charge in [-0.15, -0.1) is 0 Å². The van der Waals surface area contributed by atoms with E-state index in [1.54, 1.807) is 12.1 Å². The molecular formula is C17H27FN2O. The standard InChI is InChI=1S/C17H27FN2O/c1-3-15-13-20(16(4-2)12-19-15)10-5-11-21-17-8-6-14(18)7-9-17/h6-9,15-16,19H,3-5,10-13H2,1-2H3. The van der Waals surface area contributed by atoms with Gasteiger partial charge in [-0.2, -0.15) is 0 Å². The minimum absolute atomic E-state index is 0.223. The van der Waals surface area contributed by atoms with Crippen LogP contribution in [0.15, 0.2) is 24.3 Å². The second kappa shape index (κ2) is 8.35. The van der Waals surface area contributed by atoms with Crippen LogP contribution in [-0.2, 0) is 0 Å². The Morgan fingerprint density at radius 1 is 1.24 bits per heavy atom. The Labute approximate surface area is 127 Å². The van der Waals surface area contributed by atoms with Crippen LogP contribution in [0.2, 0.25) is 0 Å². The molecule has 0 spiro atoms. The molecule has 0 bridgehead atoms. The molecule has 4 heteroatoms. The maximum atomic E-state index is 12.8. The summed E-state index contributed by atoms with van der Waals surface area (Å²) in [7, 11) is 0. The Kier molecular flexibility index (Phi) is 6.46. The summed E-state index contributed by atoms with van der Waals surface area (Å²) in [6.07, 6.45) is 3.37. The lowest BCUT2D eigenvalue weighted by Gasteiger charge is -2.40. The first-order valence-corrected chi connectivity index (χ1v) is 8.08. The second-order valence-electron chi connectivity index (χ2n) is 5.73. The molecule has 0 aliphatic carbocycles. The maximum absolute atomic E-state index is 12.8. The molecule has 2 unspecified atom stereocenters. The van der Waals surface area contributed by atoms with E-state index >= 15 is 0 Å². The lowest BCUT2D eigenvalue weighted by Crippen LogP contribution is -2.56. The normalized spacial score (nSPS) is 23.2. The summed E-state index contributed by atoms with van der Waals surface area (Å²) in [5, 5.41) is 3.61. The van der Waals surface area contributed by atoms with Crippen LogP contribution in [0, 0.1) is 5.82 Å². The van der Waals surface area contributed by atoms with Crippen molar-refractivity contribution in [2.75, 3.05) is 26.2 Å². The molecule has 0 saturated carbocycles. The third-order valence-electron chi connectivity index (χ3n) is 4.25. The van der Waals surface area contributed by atoms with Crippen LogP contribution in [0.5, 0.6) is 5.75 Å². The topological polar surface area (TPSA) is 24.5 Å². The molecular weight excluding hydrogens is 267 g/mol. The predicted octanol–water partition coefficient (Wildman–Crippen LogP) is 3.06. The van der Waals surface area contributed by atoms with Crippen molar-refractivity contribution in [3.05, 3.63) is 30.1 Å². The summed E-state index contributed by atoms with van der Waals surface area (Å²) in [5.41, 5.74) is 0. The van der Waals surface area contributed by atoms with Crippen molar-refractivity contribution in [1.82, 2.24) is 10.2 Å². The van der Waals surface area contributed by atoms with E-state index in [1.165, 1.54) is 25.0 Å². The minimum Gasteiger partial charge on any atom is -0.494 e. The summed E-state index contributed by atoms with van der Waals surface area (Å²) in [5.74, 6) is 0.523. The highest BCUT2D eigenvalue weighted by Crippen LogP contribution is 2.14. The van der Waals surface area contributed by atoms with Crippen LogP contribution in [-0.4, -0.2) is 43.2 Å². The number of halogens is 1. The molecule has 2 atom stereocenters. The highest BCUT2D eigenvalue weighted by Gasteiger charge is 2.25. The SMILES string of the molecule is CCC1CN(CCCOc2ccc(F)cc2)C(CC)CN1. The van der Waals surface area contributed by atoms with Gasteiger partial charge < -0.3 is 10.1 Å². The Balaban J connectivity index is 1.72. The van der Waals surface area contributed by atoms with Crippen LogP contribution >= 0.6 is 0 Å². The van der Waals surface area contributed by atoms with Crippen molar-refractivity contribution in [3.63, 3.8) is 0 Å². The van der Waals surface area contributed by atoms with Gasteiger partial charge in [0.05, 0.1) is 6.61 Å². The Bertz CT molecular complexity index is 410.